The zero-order valence-electron chi connectivity index (χ0n) is 8.69. The summed E-state index contributed by atoms with van der Waals surface area (Å²) in [6.07, 6.45) is -1.19. The smallest absolute Gasteiger partial charge is 0.423 e. The largest absolute Gasteiger partial charge is 0.464 e. The van der Waals surface area contributed by atoms with Crippen molar-refractivity contribution in [3.63, 3.8) is 0 Å². The van der Waals surface area contributed by atoms with E-state index < -0.39 is 12.1 Å². The average molecular weight is 224 g/mol. The fourth-order valence-corrected chi connectivity index (χ4v) is 1.03. The minimum absolute atomic E-state index is 0.319. The normalized spacial score (nSPS) is 9.31. The Balaban J connectivity index is 2.60. The Morgan fingerprint density at radius 3 is 2.44 bits per heavy atom. The van der Waals surface area contributed by atoms with E-state index >= 15 is 0 Å². The second kappa shape index (κ2) is 5.59. The lowest BCUT2D eigenvalue weighted by Crippen LogP contribution is -2.27. The number of ether oxygens (including phenoxy) is 1. The molecule has 6 nitrogen and oxygen atoms in total. The Kier molecular flexibility index (Phi) is 4.14. The van der Waals surface area contributed by atoms with Gasteiger partial charge in [0.05, 0.1) is 17.9 Å². The molecule has 86 valence electrons. The molecular weight excluding hydrogens is 212 g/mol. The number of esters is 1. The fourth-order valence-electron chi connectivity index (χ4n) is 1.03. The van der Waals surface area contributed by atoms with E-state index in [0.29, 0.717) is 17.9 Å². The van der Waals surface area contributed by atoms with Crippen LogP contribution in [0.1, 0.15) is 17.3 Å². The van der Waals surface area contributed by atoms with Gasteiger partial charge in [-0.3, -0.25) is 5.43 Å². The first-order valence-electron chi connectivity index (χ1n) is 4.65. The van der Waals surface area contributed by atoms with Crippen molar-refractivity contribution < 1.29 is 19.4 Å². The number of hydrazine groups is 1. The summed E-state index contributed by atoms with van der Waals surface area (Å²) in [6.45, 7) is 2.05. The molecule has 0 saturated heterocycles. The number of rotatable bonds is 4. The lowest BCUT2D eigenvalue weighted by atomic mass is 10.2. The molecule has 1 aromatic rings. The van der Waals surface area contributed by atoms with Gasteiger partial charge >= 0.3 is 12.1 Å². The molecule has 0 heterocycles. The van der Waals surface area contributed by atoms with E-state index in [-0.39, 0.29) is 0 Å². The van der Waals surface area contributed by atoms with Crippen molar-refractivity contribution in [2.45, 2.75) is 6.92 Å². The number of carbonyl (C=O) groups excluding carboxylic acids is 1. The highest BCUT2D eigenvalue weighted by Crippen LogP contribution is 2.09. The third-order valence-corrected chi connectivity index (χ3v) is 1.71. The minimum Gasteiger partial charge on any atom is -0.464 e. The van der Waals surface area contributed by atoms with Crippen LogP contribution in [-0.4, -0.2) is 23.8 Å². The van der Waals surface area contributed by atoms with E-state index in [1.165, 1.54) is 0 Å². The van der Waals surface area contributed by atoms with Gasteiger partial charge in [-0.25, -0.2) is 15.0 Å². The highest BCUT2D eigenvalue weighted by molar-refractivity contribution is 5.89. The van der Waals surface area contributed by atoms with Gasteiger partial charge in [-0.15, -0.1) is 0 Å². The summed E-state index contributed by atoms with van der Waals surface area (Å²) >= 11 is 0. The van der Waals surface area contributed by atoms with Crippen molar-refractivity contribution in [2.24, 2.45) is 0 Å². The van der Waals surface area contributed by atoms with Gasteiger partial charge in [0.25, 0.3) is 0 Å². The van der Waals surface area contributed by atoms with E-state index in [9.17, 15) is 9.59 Å². The van der Waals surface area contributed by atoms with Crippen molar-refractivity contribution in [3.8, 4) is 0 Å². The highest BCUT2D eigenvalue weighted by Gasteiger charge is 2.05. The number of carboxylic acid groups (broad SMARTS) is 1. The number of carbonyl (C=O) groups is 2. The van der Waals surface area contributed by atoms with Crippen LogP contribution >= 0.6 is 0 Å². The molecule has 6 heteroatoms. The Bertz CT molecular complexity index is 375. The van der Waals surface area contributed by atoms with Crippen LogP contribution in [0.3, 0.4) is 0 Å². The molecule has 0 saturated carbocycles. The zero-order chi connectivity index (χ0) is 12.0. The van der Waals surface area contributed by atoms with Crippen molar-refractivity contribution >= 4 is 17.7 Å². The topological polar surface area (TPSA) is 87.7 Å². The highest BCUT2D eigenvalue weighted by atomic mass is 16.5. The molecule has 0 unspecified atom stereocenters. The molecule has 0 aliphatic carbocycles. The van der Waals surface area contributed by atoms with Crippen molar-refractivity contribution in [1.82, 2.24) is 5.43 Å². The maximum Gasteiger partial charge on any atom is 0.423 e. The fraction of sp³-hybridized carbons (Fsp3) is 0.200. The van der Waals surface area contributed by atoms with Crippen LogP contribution in [0.2, 0.25) is 0 Å². The van der Waals surface area contributed by atoms with Gasteiger partial charge < -0.3 is 9.84 Å². The Hall–Kier alpha value is -2.24. The first-order valence-corrected chi connectivity index (χ1v) is 4.65. The molecule has 3 N–H and O–H groups in total. The molecule has 16 heavy (non-hydrogen) atoms. The third-order valence-electron chi connectivity index (χ3n) is 1.71. The number of amides is 1. The van der Waals surface area contributed by atoms with Crippen molar-refractivity contribution in [2.75, 3.05) is 12.0 Å². The molecule has 1 aromatic carbocycles. The van der Waals surface area contributed by atoms with Gasteiger partial charge in [0, 0.05) is 0 Å². The summed E-state index contributed by atoms with van der Waals surface area (Å²) < 4.78 is 4.80. The Morgan fingerprint density at radius 2 is 1.94 bits per heavy atom. The van der Waals surface area contributed by atoms with Crippen LogP contribution in [0.4, 0.5) is 10.5 Å². The van der Waals surface area contributed by atoms with Crippen molar-refractivity contribution in [3.05, 3.63) is 29.8 Å². The van der Waals surface area contributed by atoms with Crippen LogP contribution in [-0.2, 0) is 4.74 Å². The van der Waals surface area contributed by atoms with Crippen LogP contribution in [0.25, 0.3) is 0 Å². The minimum atomic E-state index is -1.19. The molecule has 1 rings (SSSR count). The number of hydrogen-bond donors (Lipinski definition) is 3. The molecule has 0 aromatic heterocycles. The van der Waals surface area contributed by atoms with Crippen LogP contribution < -0.4 is 10.9 Å². The lowest BCUT2D eigenvalue weighted by molar-refractivity contribution is 0.0526. The molecule has 0 aliphatic rings. The van der Waals surface area contributed by atoms with Gasteiger partial charge in [-0.1, -0.05) is 0 Å². The average Bonchev–Trinajstić information content (AvgIpc) is 2.27. The summed E-state index contributed by atoms with van der Waals surface area (Å²) in [5, 5.41) is 8.34. The van der Waals surface area contributed by atoms with Gasteiger partial charge in [0.2, 0.25) is 0 Å². The molecule has 0 radical (unpaired) electrons. The molecule has 0 bridgehead atoms. The lowest BCUT2D eigenvalue weighted by Gasteiger charge is -2.06. The summed E-state index contributed by atoms with van der Waals surface area (Å²) in [7, 11) is 0. The maximum atomic E-state index is 11.3. The van der Waals surface area contributed by atoms with E-state index in [4.69, 9.17) is 9.84 Å². The van der Waals surface area contributed by atoms with Gasteiger partial charge in [0.15, 0.2) is 0 Å². The standard InChI is InChI=1S/C10H12N2O4/c1-2-16-9(13)7-3-5-8(6-4-7)11-12-10(14)15/h3-6,11-12H,2H2,1H3,(H,14,15). The predicted molar refractivity (Wildman–Crippen MR) is 57.2 cm³/mol. The molecular formula is C10H12N2O4. The quantitative estimate of drug-likeness (QED) is 0.532. The predicted octanol–water partition coefficient (Wildman–Crippen LogP) is 1.46. The molecule has 0 fully saturated rings. The summed E-state index contributed by atoms with van der Waals surface area (Å²) in [5.74, 6) is -0.403. The summed E-state index contributed by atoms with van der Waals surface area (Å²) in [5.41, 5.74) is 5.38. The monoisotopic (exact) mass is 224 g/mol. The number of anilines is 1. The molecule has 0 aliphatic heterocycles. The van der Waals surface area contributed by atoms with Gasteiger partial charge in [-0.05, 0) is 31.2 Å². The van der Waals surface area contributed by atoms with E-state index in [1.807, 2.05) is 5.43 Å². The summed E-state index contributed by atoms with van der Waals surface area (Å²) in [4.78, 5) is 21.5. The van der Waals surface area contributed by atoms with Gasteiger partial charge in [0.1, 0.15) is 0 Å². The van der Waals surface area contributed by atoms with Gasteiger partial charge in [-0.2, -0.15) is 0 Å². The van der Waals surface area contributed by atoms with Crippen molar-refractivity contribution in [1.29, 1.82) is 0 Å². The third kappa shape index (κ3) is 3.49. The zero-order valence-corrected chi connectivity index (χ0v) is 8.69. The van der Waals surface area contributed by atoms with Crippen LogP contribution in [0.5, 0.6) is 0 Å². The maximum absolute atomic E-state index is 11.3. The number of nitrogens with one attached hydrogen (secondary N) is 2. The van der Waals surface area contributed by atoms with E-state index in [2.05, 4.69) is 5.43 Å². The first kappa shape index (κ1) is 11.8. The van der Waals surface area contributed by atoms with Crippen LogP contribution in [0.15, 0.2) is 24.3 Å². The Morgan fingerprint density at radius 1 is 1.31 bits per heavy atom. The molecule has 0 spiro atoms. The van der Waals surface area contributed by atoms with E-state index in [0.717, 1.165) is 0 Å². The number of benzene rings is 1. The first-order chi connectivity index (χ1) is 7.63. The second-order valence-corrected chi connectivity index (χ2v) is 2.85. The SMILES string of the molecule is CCOC(=O)c1ccc(NNC(=O)O)cc1. The number of hydrogen-bond acceptors (Lipinski definition) is 4. The van der Waals surface area contributed by atoms with E-state index in [1.54, 1.807) is 31.2 Å². The molecule has 0 atom stereocenters. The Labute approximate surface area is 92.2 Å². The van der Waals surface area contributed by atoms with Crippen LogP contribution in [0, 0.1) is 0 Å². The summed E-state index contributed by atoms with van der Waals surface area (Å²) in [6, 6.07) is 6.23. The molecule has 1 amide bonds. The second-order valence-electron chi connectivity index (χ2n) is 2.85.